The third-order valence-electron chi connectivity index (χ3n) is 5.17. The van der Waals surface area contributed by atoms with E-state index in [1.165, 1.54) is 12.8 Å². The van der Waals surface area contributed by atoms with E-state index in [1.54, 1.807) is 0 Å². The van der Waals surface area contributed by atoms with Gasteiger partial charge < -0.3 is 10.5 Å². The number of hydrogen-bond acceptors (Lipinski definition) is 3. The fraction of sp³-hybridized carbons (Fsp3) is 0.611. The summed E-state index contributed by atoms with van der Waals surface area (Å²) in [6, 6.07) is 8.03. The maximum absolute atomic E-state index is 12.7. The van der Waals surface area contributed by atoms with Crippen molar-refractivity contribution in [3.05, 3.63) is 35.4 Å². The van der Waals surface area contributed by atoms with Crippen LogP contribution in [0.25, 0.3) is 0 Å². The van der Waals surface area contributed by atoms with Crippen molar-refractivity contribution in [2.24, 2.45) is 11.7 Å². The largest absolute Gasteiger partial charge is 0.375 e. The topological polar surface area (TPSA) is 52.3 Å². The molecule has 2 fully saturated rings. The van der Waals surface area contributed by atoms with Crippen LogP contribution in [0.5, 0.6) is 0 Å². The molecule has 2 N–H and O–H groups in total. The molecule has 114 valence electrons. The second-order valence-corrected chi connectivity index (χ2v) is 6.54. The number of hydrogen-bond donors (Lipinski definition) is 1. The molecule has 2 aliphatic rings. The summed E-state index contributed by atoms with van der Waals surface area (Å²) in [5.74, 6) is 0.535. The van der Waals surface area contributed by atoms with Crippen LogP contribution in [0.4, 0.5) is 0 Å². The molecule has 0 amide bonds. The van der Waals surface area contributed by atoms with Gasteiger partial charge in [-0.25, -0.2) is 0 Å². The quantitative estimate of drug-likeness (QED) is 0.926. The minimum atomic E-state index is 0.0198. The molecule has 1 atom stereocenters. The van der Waals surface area contributed by atoms with Gasteiger partial charge in [-0.05, 0) is 36.8 Å². The Morgan fingerprint density at radius 2 is 1.95 bits per heavy atom. The van der Waals surface area contributed by atoms with Crippen LogP contribution in [0, 0.1) is 5.92 Å². The second kappa shape index (κ2) is 6.29. The van der Waals surface area contributed by atoms with Gasteiger partial charge in [-0.15, -0.1) is 0 Å². The van der Waals surface area contributed by atoms with E-state index in [-0.39, 0.29) is 11.5 Å². The van der Waals surface area contributed by atoms with Crippen LogP contribution in [0.1, 0.15) is 49.7 Å². The Kier molecular flexibility index (Phi) is 4.41. The third-order valence-corrected chi connectivity index (χ3v) is 5.17. The van der Waals surface area contributed by atoms with Crippen molar-refractivity contribution in [3.63, 3.8) is 0 Å². The van der Waals surface area contributed by atoms with Gasteiger partial charge in [0, 0.05) is 25.5 Å². The second-order valence-electron chi connectivity index (χ2n) is 6.54. The van der Waals surface area contributed by atoms with Crippen molar-refractivity contribution in [2.75, 3.05) is 6.61 Å². The van der Waals surface area contributed by atoms with Crippen LogP contribution < -0.4 is 5.73 Å². The fourth-order valence-electron chi connectivity index (χ4n) is 3.93. The molecule has 1 heterocycles. The molecular weight excluding hydrogens is 262 g/mol. The number of carbonyl (C=O) groups excluding carboxylic acids is 1. The highest BCUT2D eigenvalue weighted by Crippen LogP contribution is 2.42. The summed E-state index contributed by atoms with van der Waals surface area (Å²) in [6.07, 6.45) is 7.09. The summed E-state index contributed by atoms with van der Waals surface area (Å²) < 4.78 is 6.03. The van der Waals surface area contributed by atoms with Gasteiger partial charge in [0.2, 0.25) is 0 Å². The molecule has 3 rings (SSSR count). The SMILES string of the molecule is NCc1ccccc1CC(=O)C1CCOC2(CCCC2)C1. The Labute approximate surface area is 126 Å². The molecule has 0 aromatic heterocycles. The Bertz CT molecular complexity index is 506. The Morgan fingerprint density at radius 1 is 1.24 bits per heavy atom. The van der Waals surface area contributed by atoms with Crippen LogP contribution in [-0.4, -0.2) is 18.0 Å². The first-order valence-corrected chi connectivity index (χ1v) is 8.16. The molecule has 0 bridgehead atoms. The summed E-state index contributed by atoms with van der Waals surface area (Å²) in [7, 11) is 0. The third kappa shape index (κ3) is 3.19. The molecule has 1 aliphatic heterocycles. The zero-order chi connectivity index (χ0) is 14.7. The summed E-state index contributed by atoms with van der Waals surface area (Å²) >= 11 is 0. The predicted octanol–water partition coefficient (Wildman–Crippen LogP) is 3.00. The maximum atomic E-state index is 12.7. The van der Waals surface area contributed by atoms with Crippen LogP contribution in [0.2, 0.25) is 0 Å². The van der Waals surface area contributed by atoms with Gasteiger partial charge in [0.05, 0.1) is 5.60 Å². The molecule has 1 saturated carbocycles. The average molecular weight is 287 g/mol. The zero-order valence-electron chi connectivity index (χ0n) is 12.6. The van der Waals surface area contributed by atoms with Gasteiger partial charge in [0.25, 0.3) is 0 Å². The van der Waals surface area contributed by atoms with E-state index in [4.69, 9.17) is 10.5 Å². The van der Waals surface area contributed by atoms with Crippen molar-refractivity contribution in [3.8, 4) is 0 Å². The van der Waals surface area contributed by atoms with E-state index < -0.39 is 0 Å². The first-order chi connectivity index (χ1) is 10.2. The highest BCUT2D eigenvalue weighted by molar-refractivity contribution is 5.83. The number of ketones is 1. The van der Waals surface area contributed by atoms with E-state index in [9.17, 15) is 4.79 Å². The Morgan fingerprint density at radius 3 is 2.67 bits per heavy atom. The molecule has 0 radical (unpaired) electrons. The zero-order valence-corrected chi connectivity index (χ0v) is 12.6. The summed E-state index contributed by atoms with van der Waals surface area (Å²) in [5.41, 5.74) is 7.97. The van der Waals surface area contributed by atoms with Gasteiger partial charge in [-0.2, -0.15) is 0 Å². The minimum Gasteiger partial charge on any atom is -0.375 e. The average Bonchev–Trinajstić information content (AvgIpc) is 2.95. The summed E-state index contributed by atoms with van der Waals surface area (Å²) in [4.78, 5) is 12.7. The molecule has 1 aromatic rings. The number of carbonyl (C=O) groups is 1. The number of benzene rings is 1. The molecule has 1 saturated heterocycles. The lowest BCUT2D eigenvalue weighted by molar-refractivity contribution is -0.135. The first kappa shape index (κ1) is 14.7. The lowest BCUT2D eigenvalue weighted by Crippen LogP contribution is -2.40. The first-order valence-electron chi connectivity index (χ1n) is 8.16. The monoisotopic (exact) mass is 287 g/mol. The molecule has 3 heteroatoms. The lowest BCUT2D eigenvalue weighted by atomic mass is 9.80. The Balaban J connectivity index is 1.67. The minimum absolute atomic E-state index is 0.0198. The van der Waals surface area contributed by atoms with E-state index >= 15 is 0 Å². The van der Waals surface area contributed by atoms with Crippen LogP contribution in [0.3, 0.4) is 0 Å². The molecular formula is C18H25NO2. The smallest absolute Gasteiger partial charge is 0.140 e. The van der Waals surface area contributed by atoms with Crippen molar-refractivity contribution < 1.29 is 9.53 Å². The van der Waals surface area contributed by atoms with Gasteiger partial charge in [-0.3, -0.25) is 4.79 Å². The van der Waals surface area contributed by atoms with Crippen LogP contribution in [0.15, 0.2) is 24.3 Å². The van der Waals surface area contributed by atoms with E-state index in [0.29, 0.717) is 18.7 Å². The fourth-order valence-corrected chi connectivity index (χ4v) is 3.93. The van der Waals surface area contributed by atoms with E-state index in [2.05, 4.69) is 0 Å². The van der Waals surface area contributed by atoms with Gasteiger partial charge in [0.15, 0.2) is 0 Å². The van der Waals surface area contributed by atoms with Crippen molar-refractivity contribution in [2.45, 2.75) is 57.1 Å². The van der Waals surface area contributed by atoms with Gasteiger partial charge in [0.1, 0.15) is 5.78 Å². The van der Waals surface area contributed by atoms with Crippen molar-refractivity contribution >= 4 is 5.78 Å². The standard InChI is InChI=1S/C18H25NO2/c19-13-16-6-2-1-5-14(16)11-17(20)15-7-10-21-18(12-15)8-3-4-9-18/h1-2,5-6,15H,3-4,7-13,19H2. The van der Waals surface area contributed by atoms with Gasteiger partial charge in [-0.1, -0.05) is 37.1 Å². The number of Topliss-reactive ketones (excluding diaryl/α,β-unsaturated/α-hetero) is 1. The number of ether oxygens (including phenoxy) is 1. The molecule has 1 spiro atoms. The highest BCUT2D eigenvalue weighted by Gasteiger charge is 2.41. The normalized spacial score (nSPS) is 24.3. The van der Waals surface area contributed by atoms with E-state index in [0.717, 1.165) is 43.4 Å². The van der Waals surface area contributed by atoms with Crippen LogP contribution in [-0.2, 0) is 22.5 Å². The maximum Gasteiger partial charge on any atom is 0.140 e. The van der Waals surface area contributed by atoms with Gasteiger partial charge >= 0.3 is 0 Å². The molecule has 1 aliphatic carbocycles. The molecule has 1 aromatic carbocycles. The Hall–Kier alpha value is -1.19. The molecule has 21 heavy (non-hydrogen) atoms. The summed E-state index contributed by atoms with van der Waals surface area (Å²) in [5, 5.41) is 0. The molecule has 1 unspecified atom stereocenters. The van der Waals surface area contributed by atoms with Crippen molar-refractivity contribution in [1.29, 1.82) is 0 Å². The lowest BCUT2D eigenvalue weighted by Gasteiger charge is -2.37. The number of rotatable bonds is 4. The number of nitrogens with two attached hydrogens (primary N) is 1. The van der Waals surface area contributed by atoms with Crippen molar-refractivity contribution in [1.82, 2.24) is 0 Å². The summed E-state index contributed by atoms with van der Waals surface area (Å²) in [6.45, 7) is 1.25. The highest BCUT2D eigenvalue weighted by atomic mass is 16.5. The van der Waals surface area contributed by atoms with Crippen LogP contribution >= 0.6 is 0 Å². The predicted molar refractivity (Wildman–Crippen MR) is 82.9 cm³/mol. The van der Waals surface area contributed by atoms with E-state index in [1.807, 2.05) is 24.3 Å². The molecule has 3 nitrogen and oxygen atoms in total.